The minimum absolute atomic E-state index is 0.0952. The van der Waals surface area contributed by atoms with Crippen molar-refractivity contribution in [1.82, 2.24) is 0 Å². The Balaban J connectivity index is 1.60. The molecule has 0 fully saturated rings. The van der Waals surface area contributed by atoms with Crippen LogP contribution in [-0.4, -0.2) is 18.4 Å². The number of fused-ring (bicyclic) bond motifs is 1. The first-order chi connectivity index (χ1) is 21.5. The Hall–Kier alpha value is -5.15. The van der Waals surface area contributed by atoms with Gasteiger partial charge in [-0.2, -0.15) is 0 Å². The SMILES string of the molecule is COc1ccc(C2=CC(c3ccccc3)=C[C@]3([C@@H]2C(=O)c2ccccc2)N(c2ccccc2)c2ccccc2C3(C)C)cc1. The van der Waals surface area contributed by atoms with E-state index in [2.05, 4.69) is 116 Å². The third kappa shape index (κ3) is 4.23. The molecule has 44 heavy (non-hydrogen) atoms. The molecular weight excluding hydrogens is 538 g/mol. The van der Waals surface area contributed by atoms with Gasteiger partial charge in [0.05, 0.1) is 18.6 Å². The molecule has 2 atom stereocenters. The molecule has 0 N–H and O–H groups in total. The van der Waals surface area contributed by atoms with Crippen LogP contribution in [0.25, 0.3) is 11.1 Å². The Bertz CT molecular complexity index is 1870. The van der Waals surface area contributed by atoms with Crippen LogP contribution < -0.4 is 9.64 Å². The van der Waals surface area contributed by atoms with E-state index in [4.69, 9.17) is 4.74 Å². The van der Waals surface area contributed by atoms with Gasteiger partial charge in [0.15, 0.2) is 5.78 Å². The second kappa shape index (κ2) is 10.8. The third-order valence-electron chi connectivity index (χ3n) is 9.49. The number of allylic oxidation sites excluding steroid dienone is 2. The molecule has 0 bridgehead atoms. The van der Waals surface area contributed by atoms with Crippen LogP contribution >= 0.6 is 0 Å². The van der Waals surface area contributed by atoms with Gasteiger partial charge in [-0.05, 0) is 70.3 Å². The Kier molecular flexibility index (Phi) is 6.82. The Morgan fingerprint density at radius 1 is 0.682 bits per heavy atom. The topological polar surface area (TPSA) is 29.5 Å². The smallest absolute Gasteiger partial charge is 0.173 e. The number of nitrogens with zero attached hydrogens (tertiary/aromatic N) is 1. The van der Waals surface area contributed by atoms with Crippen molar-refractivity contribution in [2.75, 3.05) is 12.0 Å². The van der Waals surface area contributed by atoms with Gasteiger partial charge >= 0.3 is 0 Å². The number of ether oxygens (including phenoxy) is 1. The van der Waals surface area contributed by atoms with E-state index >= 15 is 4.79 Å². The third-order valence-corrected chi connectivity index (χ3v) is 9.49. The quantitative estimate of drug-likeness (QED) is 0.190. The highest BCUT2D eigenvalue weighted by Crippen LogP contribution is 2.63. The molecule has 0 aromatic heterocycles. The van der Waals surface area contributed by atoms with Gasteiger partial charge in [-0.3, -0.25) is 4.79 Å². The van der Waals surface area contributed by atoms with E-state index in [1.54, 1.807) is 7.11 Å². The Morgan fingerprint density at radius 2 is 1.27 bits per heavy atom. The predicted molar refractivity (Wildman–Crippen MR) is 180 cm³/mol. The van der Waals surface area contributed by atoms with Crippen molar-refractivity contribution >= 4 is 28.3 Å². The average molecular weight is 574 g/mol. The molecule has 216 valence electrons. The van der Waals surface area contributed by atoms with E-state index in [9.17, 15) is 0 Å². The number of para-hydroxylation sites is 2. The lowest BCUT2D eigenvalue weighted by molar-refractivity contribution is 0.0888. The number of rotatable bonds is 6. The monoisotopic (exact) mass is 573 g/mol. The number of ketones is 1. The molecule has 7 rings (SSSR count). The Labute approximate surface area is 259 Å². The molecule has 1 spiro atoms. The molecule has 3 nitrogen and oxygen atoms in total. The number of anilines is 2. The van der Waals surface area contributed by atoms with E-state index in [1.165, 1.54) is 5.56 Å². The van der Waals surface area contributed by atoms with Gasteiger partial charge in [0.2, 0.25) is 0 Å². The van der Waals surface area contributed by atoms with Gasteiger partial charge < -0.3 is 9.64 Å². The van der Waals surface area contributed by atoms with E-state index in [1.807, 2.05) is 54.6 Å². The van der Waals surface area contributed by atoms with Crippen LogP contribution in [0.2, 0.25) is 0 Å². The summed E-state index contributed by atoms with van der Waals surface area (Å²) in [6, 6.07) is 47.6. The van der Waals surface area contributed by atoms with Crippen LogP contribution in [0.15, 0.2) is 152 Å². The molecule has 1 aliphatic carbocycles. The lowest BCUT2D eigenvalue weighted by atomic mass is 9.57. The first-order valence-corrected chi connectivity index (χ1v) is 15.1. The average Bonchev–Trinajstić information content (AvgIpc) is 3.27. The maximum absolute atomic E-state index is 15.2. The second-order valence-electron chi connectivity index (χ2n) is 12.1. The van der Waals surface area contributed by atoms with Crippen molar-refractivity contribution in [2.45, 2.75) is 24.8 Å². The van der Waals surface area contributed by atoms with Crippen molar-refractivity contribution in [3.8, 4) is 5.75 Å². The lowest BCUT2D eigenvalue weighted by Crippen LogP contribution is -2.61. The summed E-state index contributed by atoms with van der Waals surface area (Å²) in [5, 5.41) is 0. The van der Waals surface area contributed by atoms with Crippen LogP contribution in [0.1, 0.15) is 40.9 Å². The molecule has 1 aliphatic heterocycles. The van der Waals surface area contributed by atoms with E-state index in [0.717, 1.165) is 39.4 Å². The summed E-state index contributed by atoms with van der Waals surface area (Å²) in [5.41, 5.74) is 7.02. The van der Waals surface area contributed by atoms with Gasteiger partial charge in [0.25, 0.3) is 0 Å². The number of carbonyl (C=O) groups is 1. The molecule has 1 heterocycles. The van der Waals surface area contributed by atoms with Gasteiger partial charge in [0.1, 0.15) is 5.75 Å². The van der Waals surface area contributed by atoms with Crippen molar-refractivity contribution < 1.29 is 9.53 Å². The molecule has 5 aromatic rings. The second-order valence-corrected chi connectivity index (χ2v) is 12.1. The summed E-state index contributed by atoms with van der Waals surface area (Å²) in [6.07, 6.45) is 4.62. The molecular formula is C41H35NO2. The number of Topliss-reactive ketones (excluding diaryl/α,β-unsaturated/α-hetero) is 1. The molecule has 0 saturated carbocycles. The maximum atomic E-state index is 15.2. The highest BCUT2D eigenvalue weighted by Gasteiger charge is 2.63. The van der Waals surface area contributed by atoms with E-state index < -0.39 is 16.9 Å². The minimum Gasteiger partial charge on any atom is -0.497 e. The number of hydrogen-bond donors (Lipinski definition) is 0. The molecule has 0 saturated heterocycles. The minimum atomic E-state index is -0.792. The van der Waals surface area contributed by atoms with Crippen molar-refractivity contribution in [3.63, 3.8) is 0 Å². The number of benzene rings is 5. The number of methoxy groups -OCH3 is 1. The molecule has 0 radical (unpaired) electrons. The van der Waals surface area contributed by atoms with Crippen molar-refractivity contribution in [3.05, 3.63) is 174 Å². The zero-order valence-electron chi connectivity index (χ0n) is 25.3. The molecule has 0 amide bonds. The summed E-state index contributed by atoms with van der Waals surface area (Å²) < 4.78 is 5.53. The molecule has 2 aliphatic rings. The van der Waals surface area contributed by atoms with Crippen LogP contribution in [0.3, 0.4) is 0 Å². The highest BCUT2D eigenvalue weighted by molar-refractivity contribution is 6.10. The van der Waals surface area contributed by atoms with Gasteiger partial charge in [-0.15, -0.1) is 0 Å². The van der Waals surface area contributed by atoms with Crippen LogP contribution in [0, 0.1) is 5.92 Å². The zero-order chi connectivity index (χ0) is 30.3. The van der Waals surface area contributed by atoms with Crippen molar-refractivity contribution in [2.24, 2.45) is 5.92 Å². The molecule has 0 unspecified atom stereocenters. The van der Waals surface area contributed by atoms with Crippen LogP contribution in [-0.2, 0) is 5.41 Å². The van der Waals surface area contributed by atoms with Gasteiger partial charge in [-0.1, -0.05) is 123 Å². The summed E-state index contributed by atoms with van der Waals surface area (Å²) in [4.78, 5) is 17.6. The fourth-order valence-electron chi connectivity index (χ4n) is 7.35. The number of hydrogen-bond acceptors (Lipinski definition) is 3. The predicted octanol–water partition coefficient (Wildman–Crippen LogP) is 9.54. The van der Waals surface area contributed by atoms with E-state index in [0.29, 0.717) is 5.56 Å². The summed E-state index contributed by atoms with van der Waals surface area (Å²) in [5.74, 6) is 0.343. The fraction of sp³-hybridized carbons (Fsp3) is 0.146. The number of carbonyl (C=O) groups excluding carboxylic acids is 1. The largest absolute Gasteiger partial charge is 0.497 e. The van der Waals surface area contributed by atoms with Gasteiger partial charge in [-0.25, -0.2) is 0 Å². The summed E-state index contributed by atoms with van der Waals surface area (Å²) in [6.45, 7) is 4.60. The first-order valence-electron chi connectivity index (χ1n) is 15.1. The maximum Gasteiger partial charge on any atom is 0.173 e. The standard InChI is InChI=1S/C41H35NO2/c1-40(2)36-21-13-14-22-37(36)42(33-19-11-6-12-20-33)41(40)28-32(29-15-7-4-8-16-29)27-35(30-23-25-34(44-3)26-24-30)38(41)39(43)31-17-9-5-10-18-31/h4-28,38H,1-3H3/t38-,41+/m0/s1. The zero-order valence-corrected chi connectivity index (χ0v) is 25.3. The highest BCUT2D eigenvalue weighted by atomic mass is 16.5. The Morgan fingerprint density at radius 3 is 1.93 bits per heavy atom. The molecule has 5 aromatic carbocycles. The summed E-state index contributed by atoms with van der Waals surface area (Å²) in [7, 11) is 1.68. The first kappa shape index (κ1) is 27.7. The normalized spacial score (nSPS) is 20.1. The van der Waals surface area contributed by atoms with Crippen LogP contribution in [0.5, 0.6) is 5.75 Å². The molecule has 3 heteroatoms. The van der Waals surface area contributed by atoms with E-state index in [-0.39, 0.29) is 5.78 Å². The van der Waals surface area contributed by atoms with Gasteiger partial charge in [0, 0.05) is 22.4 Å². The van der Waals surface area contributed by atoms with Crippen LogP contribution in [0.4, 0.5) is 11.4 Å². The van der Waals surface area contributed by atoms with Crippen molar-refractivity contribution in [1.29, 1.82) is 0 Å². The fourth-order valence-corrected chi connectivity index (χ4v) is 7.35. The lowest BCUT2D eigenvalue weighted by Gasteiger charge is -2.53. The summed E-state index contributed by atoms with van der Waals surface area (Å²) >= 11 is 0.